The van der Waals surface area contributed by atoms with Crippen LogP contribution in [0.25, 0.3) is 5.69 Å². The Labute approximate surface area is 147 Å². The van der Waals surface area contributed by atoms with Crippen LogP contribution in [0, 0.1) is 0 Å². The number of hydrogen-bond acceptors (Lipinski definition) is 3. The highest BCUT2D eigenvalue weighted by Crippen LogP contribution is 2.10. The van der Waals surface area contributed by atoms with E-state index in [0.29, 0.717) is 12.1 Å². The Hall–Kier alpha value is -2.92. The molecule has 0 aliphatic heterocycles. The van der Waals surface area contributed by atoms with Crippen LogP contribution in [0.5, 0.6) is 0 Å². The predicted octanol–water partition coefficient (Wildman–Crippen LogP) is 2.86. The van der Waals surface area contributed by atoms with Crippen LogP contribution in [0.15, 0.2) is 67.0 Å². The summed E-state index contributed by atoms with van der Waals surface area (Å²) >= 11 is 0. The van der Waals surface area contributed by atoms with Crippen LogP contribution < -0.4 is 5.32 Å². The number of rotatable bonds is 6. The van der Waals surface area contributed by atoms with Crippen LogP contribution in [0.2, 0.25) is 0 Å². The number of carbonyl (C=O) groups is 1. The number of nitrogens with one attached hydrogen (secondary N) is 1. The van der Waals surface area contributed by atoms with Crippen molar-refractivity contribution in [2.24, 2.45) is 0 Å². The van der Waals surface area contributed by atoms with Gasteiger partial charge < -0.3 is 10.2 Å². The second-order valence-electron chi connectivity index (χ2n) is 6.23. The Morgan fingerprint density at radius 2 is 1.72 bits per heavy atom. The number of hydrogen-bond donors (Lipinski definition) is 1. The summed E-state index contributed by atoms with van der Waals surface area (Å²) < 4.78 is 1.76. The first-order valence-electron chi connectivity index (χ1n) is 8.22. The van der Waals surface area contributed by atoms with E-state index in [9.17, 15) is 4.79 Å². The van der Waals surface area contributed by atoms with E-state index in [1.807, 2.05) is 50.6 Å². The summed E-state index contributed by atoms with van der Waals surface area (Å²) in [6, 6.07) is 17.6. The Kier molecular flexibility index (Phi) is 5.26. The average Bonchev–Trinajstić information content (AvgIpc) is 3.15. The van der Waals surface area contributed by atoms with Gasteiger partial charge in [0.2, 0.25) is 0 Å². The maximum absolute atomic E-state index is 12.3. The molecule has 0 bridgehead atoms. The molecule has 0 atom stereocenters. The molecule has 1 aromatic heterocycles. The van der Waals surface area contributed by atoms with E-state index in [0.717, 1.165) is 17.8 Å². The van der Waals surface area contributed by atoms with Gasteiger partial charge in [0.05, 0.1) is 5.69 Å². The van der Waals surface area contributed by atoms with Crippen molar-refractivity contribution < 1.29 is 4.79 Å². The van der Waals surface area contributed by atoms with Crippen molar-refractivity contribution in [2.45, 2.75) is 13.1 Å². The third kappa shape index (κ3) is 4.55. The zero-order valence-corrected chi connectivity index (χ0v) is 14.5. The molecule has 0 saturated carbocycles. The van der Waals surface area contributed by atoms with Crippen LogP contribution in [0.4, 0.5) is 0 Å². The van der Waals surface area contributed by atoms with Crippen LogP contribution in [-0.4, -0.2) is 34.7 Å². The van der Waals surface area contributed by atoms with Gasteiger partial charge in [-0.2, -0.15) is 5.10 Å². The van der Waals surface area contributed by atoms with Crippen molar-refractivity contribution in [1.29, 1.82) is 0 Å². The molecule has 3 aromatic rings. The summed E-state index contributed by atoms with van der Waals surface area (Å²) in [4.78, 5) is 14.4. The topological polar surface area (TPSA) is 50.2 Å². The van der Waals surface area contributed by atoms with E-state index in [2.05, 4.69) is 39.6 Å². The fourth-order valence-corrected chi connectivity index (χ4v) is 2.60. The molecule has 0 aliphatic rings. The molecule has 0 saturated heterocycles. The predicted molar refractivity (Wildman–Crippen MR) is 98.6 cm³/mol. The van der Waals surface area contributed by atoms with E-state index in [1.165, 1.54) is 5.56 Å². The highest BCUT2D eigenvalue weighted by Gasteiger charge is 2.06. The molecule has 0 aliphatic carbocycles. The normalized spacial score (nSPS) is 10.8. The molecule has 5 nitrogen and oxygen atoms in total. The SMILES string of the molecule is CN(C)Cc1ccc(CNC(=O)c2ccc(-n3cccn3)cc2)cc1. The third-order valence-corrected chi connectivity index (χ3v) is 3.87. The second kappa shape index (κ2) is 7.77. The molecular weight excluding hydrogens is 312 g/mol. The molecule has 2 aromatic carbocycles. The van der Waals surface area contributed by atoms with Gasteiger partial charge in [-0.15, -0.1) is 0 Å². The minimum Gasteiger partial charge on any atom is -0.348 e. The lowest BCUT2D eigenvalue weighted by molar-refractivity contribution is 0.0951. The fraction of sp³-hybridized carbons (Fsp3) is 0.200. The molecular formula is C20H22N4O. The first-order valence-corrected chi connectivity index (χ1v) is 8.22. The molecule has 1 heterocycles. The van der Waals surface area contributed by atoms with E-state index in [-0.39, 0.29) is 5.91 Å². The highest BCUT2D eigenvalue weighted by molar-refractivity contribution is 5.94. The van der Waals surface area contributed by atoms with Crippen molar-refractivity contribution in [3.63, 3.8) is 0 Å². The number of nitrogens with zero attached hydrogens (tertiary/aromatic N) is 3. The Bertz CT molecular complexity index is 806. The average molecular weight is 334 g/mol. The first kappa shape index (κ1) is 16.9. The summed E-state index contributed by atoms with van der Waals surface area (Å²) in [6.07, 6.45) is 3.60. The molecule has 5 heteroatoms. The Balaban J connectivity index is 1.57. The molecule has 0 radical (unpaired) electrons. The van der Waals surface area contributed by atoms with Gasteiger partial charge in [0.25, 0.3) is 5.91 Å². The van der Waals surface area contributed by atoms with Gasteiger partial charge in [0, 0.05) is 31.0 Å². The van der Waals surface area contributed by atoms with Crippen molar-refractivity contribution in [2.75, 3.05) is 14.1 Å². The maximum Gasteiger partial charge on any atom is 0.251 e. The molecule has 0 fully saturated rings. The van der Waals surface area contributed by atoms with Crippen LogP contribution in [-0.2, 0) is 13.1 Å². The Morgan fingerprint density at radius 3 is 2.32 bits per heavy atom. The lowest BCUT2D eigenvalue weighted by atomic mass is 10.1. The van der Waals surface area contributed by atoms with E-state index >= 15 is 0 Å². The van der Waals surface area contributed by atoms with Gasteiger partial charge in [-0.3, -0.25) is 4.79 Å². The fourth-order valence-electron chi connectivity index (χ4n) is 2.60. The number of amides is 1. The molecule has 1 amide bonds. The third-order valence-electron chi connectivity index (χ3n) is 3.87. The van der Waals surface area contributed by atoms with Gasteiger partial charge >= 0.3 is 0 Å². The second-order valence-corrected chi connectivity index (χ2v) is 6.23. The highest BCUT2D eigenvalue weighted by atomic mass is 16.1. The summed E-state index contributed by atoms with van der Waals surface area (Å²) in [6.45, 7) is 1.43. The van der Waals surface area contributed by atoms with Crippen LogP contribution in [0.3, 0.4) is 0 Å². The molecule has 1 N–H and O–H groups in total. The maximum atomic E-state index is 12.3. The number of benzene rings is 2. The van der Waals surface area contributed by atoms with Gasteiger partial charge in [0.15, 0.2) is 0 Å². The summed E-state index contributed by atoms with van der Waals surface area (Å²) in [7, 11) is 4.09. The lowest BCUT2D eigenvalue weighted by Gasteiger charge is -2.10. The largest absolute Gasteiger partial charge is 0.348 e. The van der Waals surface area contributed by atoms with Crippen LogP contribution in [0.1, 0.15) is 21.5 Å². The number of carbonyl (C=O) groups excluding carboxylic acids is 1. The van der Waals surface area contributed by atoms with Crippen LogP contribution >= 0.6 is 0 Å². The van der Waals surface area contributed by atoms with Crippen molar-refractivity contribution in [1.82, 2.24) is 20.0 Å². The zero-order chi connectivity index (χ0) is 17.6. The minimum atomic E-state index is -0.0793. The molecule has 128 valence electrons. The molecule has 0 spiro atoms. The quantitative estimate of drug-likeness (QED) is 0.754. The monoisotopic (exact) mass is 334 g/mol. The van der Waals surface area contributed by atoms with Crippen molar-refractivity contribution >= 4 is 5.91 Å². The summed E-state index contributed by atoms with van der Waals surface area (Å²) in [5, 5.41) is 7.13. The minimum absolute atomic E-state index is 0.0793. The van der Waals surface area contributed by atoms with Gasteiger partial charge in [-0.25, -0.2) is 4.68 Å². The number of aromatic nitrogens is 2. The lowest BCUT2D eigenvalue weighted by Crippen LogP contribution is -2.22. The van der Waals surface area contributed by atoms with Gasteiger partial charge in [-0.05, 0) is 55.6 Å². The van der Waals surface area contributed by atoms with E-state index < -0.39 is 0 Å². The molecule has 25 heavy (non-hydrogen) atoms. The van der Waals surface area contributed by atoms with Crippen molar-refractivity contribution in [3.8, 4) is 5.69 Å². The summed E-state index contributed by atoms with van der Waals surface area (Å²) in [5.41, 5.74) is 3.91. The standard InChI is InChI=1S/C20H22N4O/c1-23(2)15-17-6-4-16(5-7-17)14-21-20(25)18-8-10-19(11-9-18)24-13-3-12-22-24/h3-13H,14-15H2,1-2H3,(H,21,25). The van der Waals surface area contributed by atoms with Crippen molar-refractivity contribution in [3.05, 3.63) is 83.7 Å². The molecule has 3 rings (SSSR count). The first-order chi connectivity index (χ1) is 12.1. The summed E-state index contributed by atoms with van der Waals surface area (Å²) in [5.74, 6) is -0.0793. The smallest absolute Gasteiger partial charge is 0.251 e. The van der Waals surface area contributed by atoms with E-state index in [1.54, 1.807) is 10.9 Å². The van der Waals surface area contributed by atoms with Gasteiger partial charge in [0.1, 0.15) is 0 Å². The zero-order valence-electron chi connectivity index (χ0n) is 14.5. The van der Waals surface area contributed by atoms with Gasteiger partial charge in [-0.1, -0.05) is 24.3 Å². The molecule has 0 unspecified atom stereocenters. The van der Waals surface area contributed by atoms with E-state index in [4.69, 9.17) is 0 Å². The Morgan fingerprint density at radius 1 is 1.04 bits per heavy atom.